The van der Waals surface area contributed by atoms with Gasteiger partial charge in [-0.15, -0.1) is 0 Å². The third-order valence-electron chi connectivity index (χ3n) is 4.35. The van der Waals surface area contributed by atoms with Gasteiger partial charge >= 0.3 is 0 Å². The Morgan fingerprint density at radius 1 is 0.765 bits per heavy atom. The fraction of sp³-hybridized carbons (Fsp3) is 0.130. The van der Waals surface area contributed by atoms with Gasteiger partial charge in [0.05, 0.1) is 18.0 Å². The lowest BCUT2D eigenvalue weighted by Crippen LogP contribution is -2.22. The third kappa shape index (κ3) is 9.14. The first kappa shape index (κ1) is 26.7. The van der Waals surface area contributed by atoms with Gasteiger partial charge in [0.25, 0.3) is 10.1 Å². The maximum atomic E-state index is 10.5. The molecule has 0 spiro atoms. The Balaban J connectivity index is 0.000000310. The Morgan fingerprint density at radius 3 is 1.56 bits per heavy atom. The van der Waals surface area contributed by atoms with Crippen molar-refractivity contribution >= 4 is 33.8 Å². The van der Waals surface area contributed by atoms with Crippen LogP contribution in [-0.4, -0.2) is 24.9 Å². The fourth-order valence-electron chi connectivity index (χ4n) is 2.65. The second-order valence-corrected chi connectivity index (χ2v) is 9.59. The molecule has 0 unspecified atom stereocenters. The van der Waals surface area contributed by atoms with E-state index >= 15 is 0 Å². The van der Waals surface area contributed by atoms with Crippen molar-refractivity contribution in [2.75, 3.05) is 0 Å². The van der Waals surface area contributed by atoms with Crippen LogP contribution in [-0.2, 0) is 23.2 Å². The summed E-state index contributed by atoms with van der Waals surface area (Å²) in [5.74, 6) is 0.163. The first-order chi connectivity index (χ1) is 16.1. The second kappa shape index (κ2) is 12.6. The number of benzene rings is 3. The van der Waals surface area contributed by atoms with E-state index in [2.05, 4.69) is 9.98 Å². The molecule has 0 radical (unpaired) electrons. The van der Waals surface area contributed by atoms with E-state index < -0.39 is 10.1 Å². The topological polar surface area (TPSA) is 183 Å². The first-order valence-electron chi connectivity index (χ1n) is 10.0. The Labute approximate surface area is 203 Å². The number of nitrogens with two attached hydrogens (primary N) is 4. The van der Waals surface area contributed by atoms with Gasteiger partial charge in [-0.25, -0.2) is 9.98 Å². The molecule has 9 N–H and O–H groups in total. The van der Waals surface area contributed by atoms with Gasteiger partial charge in [-0.3, -0.25) is 4.55 Å². The van der Waals surface area contributed by atoms with Crippen LogP contribution < -0.4 is 22.9 Å². The van der Waals surface area contributed by atoms with Crippen LogP contribution in [0.1, 0.15) is 16.7 Å². The number of hydrogen-bond donors (Lipinski definition) is 5. The van der Waals surface area contributed by atoms with Crippen molar-refractivity contribution < 1.29 is 13.0 Å². The molecule has 34 heavy (non-hydrogen) atoms. The Kier molecular flexibility index (Phi) is 9.92. The van der Waals surface area contributed by atoms with Gasteiger partial charge in [-0.2, -0.15) is 8.42 Å². The molecule has 0 aliphatic heterocycles. The van der Waals surface area contributed by atoms with Crippen LogP contribution in [0.2, 0.25) is 0 Å². The molecule has 0 saturated carbocycles. The van der Waals surface area contributed by atoms with Crippen molar-refractivity contribution in [1.29, 1.82) is 0 Å². The zero-order chi connectivity index (χ0) is 25.1. The quantitative estimate of drug-likeness (QED) is 0.186. The van der Waals surface area contributed by atoms with Crippen molar-refractivity contribution in [1.82, 2.24) is 0 Å². The molecule has 180 valence electrons. The molecule has 3 aromatic carbocycles. The maximum Gasteiger partial charge on any atom is 0.294 e. The van der Waals surface area contributed by atoms with Gasteiger partial charge in [0.1, 0.15) is 0 Å². The predicted molar refractivity (Wildman–Crippen MR) is 137 cm³/mol. The summed E-state index contributed by atoms with van der Waals surface area (Å²) >= 11 is 1.64. The van der Waals surface area contributed by atoms with E-state index in [1.54, 1.807) is 23.9 Å². The molecule has 0 bridgehead atoms. The minimum Gasteiger partial charge on any atom is -0.370 e. The molecule has 0 aliphatic carbocycles. The molecule has 0 heterocycles. The van der Waals surface area contributed by atoms with E-state index in [0.717, 1.165) is 26.5 Å². The van der Waals surface area contributed by atoms with Gasteiger partial charge in [0.15, 0.2) is 11.9 Å². The smallest absolute Gasteiger partial charge is 0.294 e. The molecule has 3 rings (SSSR count). The second-order valence-electron chi connectivity index (χ2n) is 7.09. The molecule has 9 nitrogen and oxygen atoms in total. The molecule has 0 atom stereocenters. The van der Waals surface area contributed by atoms with E-state index in [9.17, 15) is 8.42 Å². The molecule has 0 aromatic heterocycles. The number of rotatable bonds is 7. The van der Waals surface area contributed by atoms with Crippen molar-refractivity contribution in [2.24, 2.45) is 32.9 Å². The number of nitrogens with zero attached hydrogens (tertiary/aromatic N) is 2. The summed E-state index contributed by atoms with van der Waals surface area (Å²) in [6, 6.07) is 22.0. The normalized spacial score (nSPS) is 10.5. The van der Waals surface area contributed by atoms with Crippen molar-refractivity contribution in [3.8, 4) is 0 Å². The molecule has 0 fully saturated rings. The highest BCUT2D eigenvalue weighted by atomic mass is 32.2. The van der Waals surface area contributed by atoms with E-state index in [-0.39, 0.29) is 16.8 Å². The molecule has 0 saturated heterocycles. The van der Waals surface area contributed by atoms with Crippen LogP contribution in [0.15, 0.2) is 97.5 Å². The lowest BCUT2D eigenvalue weighted by atomic mass is 10.2. The van der Waals surface area contributed by atoms with Crippen LogP contribution in [0.3, 0.4) is 0 Å². The zero-order valence-corrected chi connectivity index (χ0v) is 20.3. The van der Waals surface area contributed by atoms with Crippen molar-refractivity contribution in [3.63, 3.8) is 0 Å². The van der Waals surface area contributed by atoms with Crippen molar-refractivity contribution in [3.05, 3.63) is 89.5 Å². The molecule has 3 aromatic rings. The molecular weight excluding hydrogens is 472 g/mol. The summed E-state index contributed by atoms with van der Waals surface area (Å²) in [4.78, 5) is 10.3. The predicted octanol–water partition coefficient (Wildman–Crippen LogP) is 2.63. The summed E-state index contributed by atoms with van der Waals surface area (Å²) in [7, 11) is -4.02. The van der Waals surface area contributed by atoms with Gasteiger partial charge in [-0.1, -0.05) is 65.9 Å². The standard InChI is InChI=1S/C16H20N6S.C7H8O3S/c17-15(18)21-9-11-5-1-3-7-13(11)23-14-8-4-2-6-12(14)10-22-16(19)20;1-6-2-4-7(5-3-6)11(8,9)10/h1-8H,9-10H2,(H4,17,18,21)(H4,19,20,22);2-5H,1H3,(H,8,9,10). The van der Waals surface area contributed by atoms with Crippen LogP contribution in [0, 0.1) is 6.92 Å². The van der Waals surface area contributed by atoms with Crippen LogP contribution in [0.4, 0.5) is 0 Å². The number of hydrogen-bond acceptors (Lipinski definition) is 5. The number of aryl methyl sites for hydroxylation is 1. The van der Waals surface area contributed by atoms with Crippen LogP contribution in [0.25, 0.3) is 0 Å². The minimum absolute atomic E-state index is 0.0666. The highest BCUT2D eigenvalue weighted by Crippen LogP contribution is 2.33. The average Bonchev–Trinajstić information content (AvgIpc) is 2.78. The van der Waals surface area contributed by atoms with Crippen molar-refractivity contribution in [2.45, 2.75) is 34.7 Å². The van der Waals surface area contributed by atoms with E-state index in [4.69, 9.17) is 27.5 Å². The lowest BCUT2D eigenvalue weighted by molar-refractivity contribution is 0.483. The first-order valence-corrected chi connectivity index (χ1v) is 12.3. The SMILES string of the molecule is Cc1ccc(S(=O)(=O)O)cc1.NC(N)=NCc1ccccc1Sc1ccccc1CN=C(N)N. The largest absolute Gasteiger partial charge is 0.370 e. The zero-order valence-electron chi connectivity index (χ0n) is 18.6. The number of aliphatic imine (C=N–C) groups is 2. The third-order valence-corrected chi connectivity index (χ3v) is 6.45. The van der Waals surface area contributed by atoms with E-state index in [0.29, 0.717) is 13.1 Å². The monoisotopic (exact) mass is 500 g/mol. The maximum absolute atomic E-state index is 10.5. The van der Waals surface area contributed by atoms with Gasteiger partial charge in [-0.05, 0) is 42.3 Å². The van der Waals surface area contributed by atoms with Crippen LogP contribution in [0.5, 0.6) is 0 Å². The summed E-state index contributed by atoms with van der Waals surface area (Å²) in [5, 5.41) is 0. The number of guanidine groups is 2. The average molecular weight is 501 g/mol. The van der Waals surface area contributed by atoms with E-state index in [1.165, 1.54) is 12.1 Å². The van der Waals surface area contributed by atoms with Gasteiger partial charge < -0.3 is 22.9 Å². The molecule has 0 aliphatic rings. The van der Waals surface area contributed by atoms with Gasteiger partial charge in [0.2, 0.25) is 0 Å². The minimum atomic E-state index is -4.02. The lowest BCUT2D eigenvalue weighted by Gasteiger charge is -2.10. The Hall–Kier alpha value is -3.54. The molecule has 11 heteroatoms. The molecular formula is C23H28N6O3S2. The van der Waals surface area contributed by atoms with Gasteiger partial charge in [0, 0.05) is 9.79 Å². The fourth-order valence-corrected chi connectivity index (χ4v) is 4.19. The Bertz CT molecular complexity index is 1190. The summed E-state index contributed by atoms with van der Waals surface area (Å²) in [6.07, 6.45) is 0. The highest BCUT2D eigenvalue weighted by molar-refractivity contribution is 7.99. The van der Waals surface area contributed by atoms with Crippen LogP contribution >= 0.6 is 11.8 Å². The summed E-state index contributed by atoms with van der Waals surface area (Å²) in [5.41, 5.74) is 24.7. The van der Waals surface area contributed by atoms with E-state index in [1.807, 2.05) is 55.5 Å². The highest BCUT2D eigenvalue weighted by Gasteiger charge is 2.08. The Morgan fingerprint density at radius 2 is 1.18 bits per heavy atom. The summed E-state index contributed by atoms with van der Waals surface area (Å²) in [6.45, 7) is 2.73. The molecule has 0 amide bonds. The summed E-state index contributed by atoms with van der Waals surface area (Å²) < 4.78 is 29.6.